The second kappa shape index (κ2) is 7.62. The van der Waals surface area contributed by atoms with E-state index in [2.05, 4.69) is 16.6 Å². The van der Waals surface area contributed by atoms with Crippen molar-refractivity contribution in [2.75, 3.05) is 11.9 Å². The van der Waals surface area contributed by atoms with Crippen LogP contribution in [0.1, 0.15) is 31.2 Å². The van der Waals surface area contributed by atoms with Crippen molar-refractivity contribution in [2.24, 2.45) is 5.92 Å². The Hall–Kier alpha value is -2.32. The SMILES string of the molecule is C#Cc1cccc(NC(=O)C(=O)NCC2CCCC(O)C2)c1. The van der Waals surface area contributed by atoms with E-state index >= 15 is 0 Å². The summed E-state index contributed by atoms with van der Waals surface area (Å²) in [6.45, 7) is 0.410. The van der Waals surface area contributed by atoms with Crippen LogP contribution in [0.25, 0.3) is 0 Å². The van der Waals surface area contributed by atoms with Gasteiger partial charge in [0.2, 0.25) is 0 Å². The molecule has 5 heteroatoms. The van der Waals surface area contributed by atoms with Gasteiger partial charge in [-0.1, -0.05) is 18.4 Å². The number of anilines is 1. The van der Waals surface area contributed by atoms with Crippen molar-refractivity contribution in [3.05, 3.63) is 29.8 Å². The predicted octanol–water partition coefficient (Wildman–Crippen LogP) is 1.27. The molecule has 2 amide bonds. The van der Waals surface area contributed by atoms with Gasteiger partial charge in [0.1, 0.15) is 0 Å². The number of hydrogen-bond donors (Lipinski definition) is 3. The first kappa shape index (κ1) is 16.1. The van der Waals surface area contributed by atoms with E-state index in [0.717, 1.165) is 19.3 Å². The van der Waals surface area contributed by atoms with Crippen LogP contribution in [0, 0.1) is 18.3 Å². The number of aliphatic hydroxyl groups excluding tert-OH is 1. The summed E-state index contributed by atoms with van der Waals surface area (Å²) in [7, 11) is 0. The van der Waals surface area contributed by atoms with Crippen LogP contribution in [0.2, 0.25) is 0 Å². The number of benzene rings is 1. The highest BCUT2D eigenvalue weighted by atomic mass is 16.3. The summed E-state index contributed by atoms with van der Waals surface area (Å²) in [6.07, 6.45) is 8.39. The van der Waals surface area contributed by atoms with Crippen LogP contribution < -0.4 is 10.6 Å². The molecular formula is C17H20N2O3. The molecule has 2 unspecified atom stereocenters. The van der Waals surface area contributed by atoms with Gasteiger partial charge in [0.05, 0.1) is 6.10 Å². The van der Waals surface area contributed by atoms with Crippen molar-refractivity contribution >= 4 is 17.5 Å². The quantitative estimate of drug-likeness (QED) is 0.581. The van der Waals surface area contributed by atoms with Crippen LogP contribution in [0.15, 0.2) is 24.3 Å². The number of aliphatic hydroxyl groups is 1. The fourth-order valence-electron chi connectivity index (χ4n) is 2.64. The van der Waals surface area contributed by atoms with Crippen LogP contribution >= 0.6 is 0 Å². The third-order valence-corrected chi connectivity index (χ3v) is 3.80. The molecule has 1 aliphatic rings. The van der Waals surface area contributed by atoms with Gasteiger partial charge in [-0.2, -0.15) is 0 Å². The van der Waals surface area contributed by atoms with E-state index in [9.17, 15) is 14.7 Å². The average Bonchev–Trinajstić information content (AvgIpc) is 2.52. The van der Waals surface area contributed by atoms with Crippen LogP contribution in [-0.4, -0.2) is 29.6 Å². The molecule has 0 radical (unpaired) electrons. The van der Waals surface area contributed by atoms with Gasteiger partial charge in [-0.05, 0) is 43.4 Å². The number of terminal acetylenes is 1. The first-order valence-corrected chi connectivity index (χ1v) is 7.42. The van der Waals surface area contributed by atoms with Gasteiger partial charge >= 0.3 is 11.8 Å². The Morgan fingerprint density at radius 2 is 2.14 bits per heavy atom. The zero-order valence-electron chi connectivity index (χ0n) is 12.3. The summed E-state index contributed by atoms with van der Waals surface area (Å²) in [5, 5.41) is 14.7. The fourth-order valence-corrected chi connectivity index (χ4v) is 2.64. The van der Waals surface area contributed by atoms with Crippen molar-refractivity contribution in [3.8, 4) is 12.3 Å². The van der Waals surface area contributed by atoms with Crippen molar-refractivity contribution < 1.29 is 14.7 Å². The molecule has 0 bridgehead atoms. The second-order valence-electron chi connectivity index (χ2n) is 5.58. The Labute approximate surface area is 130 Å². The first-order chi connectivity index (χ1) is 10.6. The van der Waals surface area contributed by atoms with Gasteiger partial charge in [0.25, 0.3) is 0 Å². The third kappa shape index (κ3) is 4.61. The molecule has 1 saturated carbocycles. The zero-order valence-corrected chi connectivity index (χ0v) is 12.3. The fraction of sp³-hybridized carbons (Fsp3) is 0.412. The summed E-state index contributed by atoms with van der Waals surface area (Å²) in [6, 6.07) is 6.75. The van der Waals surface area contributed by atoms with Crippen molar-refractivity contribution in [3.63, 3.8) is 0 Å². The molecule has 0 aliphatic heterocycles. The second-order valence-corrected chi connectivity index (χ2v) is 5.58. The molecule has 2 atom stereocenters. The third-order valence-electron chi connectivity index (χ3n) is 3.80. The number of hydrogen-bond acceptors (Lipinski definition) is 3. The predicted molar refractivity (Wildman–Crippen MR) is 84.0 cm³/mol. The van der Waals surface area contributed by atoms with E-state index in [1.54, 1.807) is 24.3 Å². The number of amides is 2. The number of carbonyl (C=O) groups excluding carboxylic acids is 2. The first-order valence-electron chi connectivity index (χ1n) is 7.42. The molecule has 0 heterocycles. The van der Waals surface area contributed by atoms with Gasteiger partial charge in [-0.15, -0.1) is 6.42 Å². The van der Waals surface area contributed by atoms with Crippen LogP contribution in [0.5, 0.6) is 0 Å². The monoisotopic (exact) mass is 300 g/mol. The molecule has 0 spiro atoms. The van der Waals surface area contributed by atoms with E-state index in [1.807, 2.05) is 0 Å². The minimum absolute atomic E-state index is 0.227. The van der Waals surface area contributed by atoms with Gasteiger partial charge in [-0.3, -0.25) is 9.59 Å². The highest BCUT2D eigenvalue weighted by Gasteiger charge is 2.22. The maximum atomic E-state index is 11.8. The Morgan fingerprint density at radius 1 is 1.32 bits per heavy atom. The molecule has 116 valence electrons. The maximum Gasteiger partial charge on any atom is 0.313 e. The lowest BCUT2D eigenvalue weighted by Gasteiger charge is -2.25. The Balaban J connectivity index is 1.81. The summed E-state index contributed by atoms with van der Waals surface area (Å²) in [5.41, 5.74) is 1.12. The van der Waals surface area contributed by atoms with Gasteiger partial charge < -0.3 is 15.7 Å². The van der Waals surface area contributed by atoms with E-state index in [0.29, 0.717) is 24.2 Å². The highest BCUT2D eigenvalue weighted by Crippen LogP contribution is 2.23. The van der Waals surface area contributed by atoms with Crippen molar-refractivity contribution in [2.45, 2.75) is 31.8 Å². The van der Waals surface area contributed by atoms with E-state index in [4.69, 9.17) is 6.42 Å². The molecule has 22 heavy (non-hydrogen) atoms. The largest absolute Gasteiger partial charge is 0.393 e. The summed E-state index contributed by atoms with van der Waals surface area (Å²) in [5.74, 6) is 1.30. The smallest absolute Gasteiger partial charge is 0.313 e. The van der Waals surface area contributed by atoms with Gasteiger partial charge in [-0.25, -0.2) is 0 Å². The number of rotatable bonds is 3. The van der Waals surface area contributed by atoms with Crippen LogP contribution in [-0.2, 0) is 9.59 Å². The molecule has 2 rings (SSSR count). The van der Waals surface area contributed by atoms with Crippen molar-refractivity contribution in [1.29, 1.82) is 0 Å². The standard InChI is InChI=1S/C17H20N2O3/c1-2-12-5-3-7-14(9-12)19-17(22)16(21)18-11-13-6-4-8-15(20)10-13/h1,3,5,7,9,13,15,20H,4,6,8,10-11H2,(H,18,21)(H,19,22). The lowest BCUT2D eigenvalue weighted by atomic mass is 9.87. The number of carbonyl (C=O) groups is 2. The lowest BCUT2D eigenvalue weighted by Crippen LogP contribution is -2.39. The molecule has 1 aromatic carbocycles. The number of nitrogens with one attached hydrogen (secondary N) is 2. The molecule has 5 nitrogen and oxygen atoms in total. The lowest BCUT2D eigenvalue weighted by molar-refractivity contribution is -0.136. The minimum atomic E-state index is -0.717. The van der Waals surface area contributed by atoms with E-state index in [1.165, 1.54) is 0 Å². The Bertz CT molecular complexity index is 592. The average molecular weight is 300 g/mol. The minimum Gasteiger partial charge on any atom is -0.393 e. The molecule has 0 aromatic heterocycles. The molecule has 3 N–H and O–H groups in total. The molecule has 1 fully saturated rings. The summed E-state index contributed by atoms with van der Waals surface area (Å²) < 4.78 is 0. The topological polar surface area (TPSA) is 78.4 Å². The van der Waals surface area contributed by atoms with Crippen LogP contribution in [0.4, 0.5) is 5.69 Å². The Morgan fingerprint density at radius 3 is 2.86 bits per heavy atom. The van der Waals surface area contributed by atoms with Gasteiger partial charge in [0, 0.05) is 17.8 Å². The molecule has 0 saturated heterocycles. The highest BCUT2D eigenvalue weighted by molar-refractivity contribution is 6.39. The Kier molecular flexibility index (Phi) is 5.56. The molecular weight excluding hydrogens is 280 g/mol. The van der Waals surface area contributed by atoms with E-state index in [-0.39, 0.29) is 12.0 Å². The maximum absolute atomic E-state index is 11.8. The summed E-state index contributed by atoms with van der Waals surface area (Å²) in [4.78, 5) is 23.6. The van der Waals surface area contributed by atoms with Gasteiger partial charge in [0.15, 0.2) is 0 Å². The summed E-state index contributed by atoms with van der Waals surface area (Å²) >= 11 is 0. The van der Waals surface area contributed by atoms with Crippen LogP contribution in [0.3, 0.4) is 0 Å². The van der Waals surface area contributed by atoms with E-state index < -0.39 is 11.8 Å². The zero-order chi connectivity index (χ0) is 15.9. The normalized spacial score (nSPS) is 20.7. The molecule has 1 aromatic rings. The molecule has 1 aliphatic carbocycles. The van der Waals surface area contributed by atoms with Crippen molar-refractivity contribution in [1.82, 2.24) is 5.32 Å².